The molecule has 2 aliphatic heterocycles. The van der Waals surface area contributed by atoms with Crippen LogP contribution in [0, 0.1) is 5.41 Å². The van der Waals surface area contributed by atoms with Crippen LogP contribution in [0.25, 0.3) is 0 Å². The van der Waals surface area contributed by atoms with Crippen LogP contribution >= 0.6 is 0 Å². The van der Waals surface area contributed by atoms with Crippen molar-refractivity contribution in [1.82, 2.24) is 10.6 Å². The molecule has 0 aromatic rings. The zero-order valence-corrected chi connectivity index (χ0v) is 7.52. The zero-order valence-electron chi connectivity index (χ0n) is 7.52. The summed E-state index contributed by atoms with van der Waals surface area (Å²) in [7, 11) is 0. The number of amides is 1. The molecule has 2 rings (SSSR count). The second-order valence-electron chi connectivity index (χ2n) is 4.26. The Kier molecular flexibility index (Phi) is 1.83. The third-order valence-corrected chi connectivity index (χ3v) is 3.08. The van der Waals surface area contributed by atoms with Crippen molar-refractivity contribution in [3.05, 3.63) is 0 Å². The van der Waals surface area contributed by atoms with Gasteiger partial charge in [0.2, 0.25) is 5.91 Å². The maximum atomic E-state index is 11.1. The van der Waals surface area contributed by atoms with E-state index in [4.69, 9.17) is 0 Å². The molecule has 2 saturated heterocycles. The van der Waals surface area contributed by atoms with E-state index in [1.165, 1.54) is 0 Å². The molecule has 3 heteroatoms. The number of piperidine rings is 1. The van der Waals surface area contributed by atoms with Crippen molar-refractivity contribution in [3.63, 3.8) is 0 Å². The van der Waals surface area contributed by atoms with E-state index in [1.807, 2.05) is 0 Å². The normalized spacial score (nSPS) is 41.8. The molecule has 0 radical (unpaired) electrons. The van der Waals surface area contributed by atoms with Crippen molar-refractivity contribution in [1.29, 1.82) is 0 Å². The van der Waals surface area contributed by atoms with Gasteiger partial charge in [0, 0.05) is 19.0 Å². The van der Waals surface area contributed by atoms with Crippen LogP contribution in [0.15, 0.2) is 0 Å². The molecular formula is C9H16N2O. The lowest BCUT2D eigenvalue weighted by Gasteiger charge is -2.35. The zero-order chi connectivity index (χ0) is 8.60. The minimum Gasteiger partial charge on any atom is -0.356 e. The second-order valence-corrected chi connectivity index (χ2v) is 4.26. The molecule has 2 atom stereocenters. The SMILES string of the molecule is C[C@@H]1C[C@@]2(CCN1)CNC(=O)C2. The summed E-state index contributed by atoms with van der Waals surface area (Å²) in [4.78, 5) is 11.1. The van der Waals surface area contributed by atoms with Crippen LogP contribution in [0.5, 0.6) is 0 Å². The minimum absolute atomic E-state index is 0.240. The highest BCUT2D eigenvalue weighted by Crippen LogP contribution is 2.37. The van der Waals surface area contributed by atoms with E-state index in [9.17, 15) is 4.79 Å². The lowest BCUT2D eigenvalue weighted by Crippen LogP contribution is -2.43. The van der Waals surface area contributed by atoms with Crippen LogP contribution in [-0.2, 0) is 4.79 Å². The molecule has 0 aliphatic carbocycles. The van der Waals surface area contributed by atoms with Gasteiger partial charge < -0.3 is 10.6 Å². The Balaban J connectivity index is 2.05. The lowest BCUT2D eigenvalue weighted by atomic mass is 9.76. The van der Waals surface area contributed by atoms with Gasteiger partial charge >= 0.3 is 0 Å². The van der Waals surface area contributed by atoms with Gasteiger partial charge in [-0.3, -0.25) is 4.79 Å². The van der Waals surface area contributed by atoms with Gasteiger partial charge in [-0.1, -0.05) is 0 Å². The minimum atomic E-state index is 0.240. The molecule has 0 unspecified atom stereocenters. The van der Waals surface area contributed by atoms with Crippen molar-refractivity contribution in [2.45, 2.75) is 32.2 Å². The monoisotopic (exact) mass is 168 g/mol. The second kappa shape index (κ2) is 2.73. The van der Waals surface area contributed by atoms with Crippen LogP contribution in [0.1, 0.15) is 26.2 Å². The molecule has 1 spiro atoms. The van der Waals surface area contributed by atoms with Crippen LogP contribution in [0.4, 0.5) is 0 Å². The van der Waals surface area contributed by atoms with Crippen molar-refractivity contribution >= 4 is 5.91 Å². The van der Waals surface area contributed by atoms with Gasteiger partial charge in [-0.15, -0.1) is 0 Å². The highest BCUT2D eigenvalue weighted by Gasteiger charge is 2.40. The average molecular weight is 168 g/mol. The number of hydrogen-bond donors (Lipinski definition) is 2. The predicted molar refractivity (Wildman–Crippen MR) is 46.8 cm³/mol. The Morgan fingerprint density at radius 2 is 2.42 bits per heavy atom. The molecule has 2 fully saturated rings. The van der Waals surface area contributed by atoms with Gasteiger partial charge in [-0.25, -0.2) is 0 Å². The first kappa shape index (κ1) is 8.05. The largest absolute Gasteiger partial charge is 0.356 e. The van der Waals surface area contributed by atoms with Gasteiger partial charge in [0.05, 0.1) is 0 Å². The molecule has 68 valence electrons. The highest BCUT2D eigenvalue weighted by molar-refractivity contribution is 5.79. The summed E-state index contributed by atoms with van der Waals surface area (Å²) in [5.41, 5.74) is 0.293. The van der Waals surface area contributed by atoms with E-state index < -0.39 is 0 Å². The summed E-state index contributed by atoms with van der Waals surface area (Å²) < 4.78 is 0. The number of hydrogen-bond acceptors (Lipinski definition) is 2. The van der Waals surface area contributed by atoms with Crippen molar-refractivity contribution in [2.75, 3.05) is 13.1 Å². The predicted octanol–water partition coefficient (Wildman–Crippen LogP) is 0.265. The summed E-state index contributed by atoms with van der Waals surface area (Å²) >= 11 is 0. The molecule has 0 bridgehead atoms. The van der Waals surface area contributed by atoms with E-state index in [1.54, 1.807) is 0 Å². The Hall–Kier alpha value is -0.570. The Morgan fingerprint density at radius 1 is 1.58 bits per heavy atom. The third kappa shape index (κ3) is 1.33. The fourth-order valence-electron chi connectivity index (χ4n) is 2.48. The Morgan fingerprint density at radius 3 is 3.00 bits per heavy atom. The van der Waals surface area contributed by atoms with Crippen molar-refractivity contribution < 1.29 is 4.79 Å². The number of nitrogens with one attached hydrogen (secondary N) is 2. The van der Waals surface area contributed by atoms with E-state index in [2.05, 4.69) is 17.6 Å². The quantitative estimate of drug-likeness (QED) is 0.545. The fraction of sp³-hybridized carbons (Fsp3) is 0.889. The van der Waals surface area contributed by atoms with E-state index in [-0.39, 0.29) is 5.91 Å². The first-order valence-corrected chi connectivity index (χ1v) is 4.70. The number of rotatable bonds is 0. The molecule has 0 saturated carbocycles. The number of carbonyl (C=O) groups excluding carboxylic acids is 1. The Labute approximate surface area is 72.9 Å². The van der Waals surface area contributed by atoms with Gasteiger partial charge in [0.15, 0.2) is 0 Å². The van der Waals surface area contributed by atoms with Gasteiger partial charge in [0.25, 0.3) is 0 Å². The standard InChI is InChI=1S/C9H16N2O/c1-7-4-9(2-3-10-7)5-8(12)11-6-9/h7,10H,2-6H2,1H3,(H,11,12)/t7-,9-/m1/s1. The first-order chi connectivity index (χ1) is 5.70. The summed E-state index contributed by atoms with van der Waals surface area (Å²) in [6.45, 7) is 4.16. The third-order valence-electron chi connectivity index (χ3n) is 3.08. The maximum absolute atomic E-state index is 11.1. The molecule has 1 amide bonds. The summed E-state index contributed by atoms with van der Waals surface area (Å²) in [5.74, 6) is 0.240. The van der Waals surface area contributed by atoms with Crippen LogP contribution in [0.2, 0.25) is 0 Å². The summed E-state index contributed by atoms with van der Waals surface area (Å²) in [6, 6.07) is 0.575. The van der Waals surface area contributed by atoms with Crippen LogP contribution in [0.3, 0.4) is 0 Å². The molecule has 0 aromatic heterocycles. The van der Waals surface area contributed by atoms with Crippen molar-refractivity contribution in [3.8, 4) is 0 Å². The lowest BCUT2D eigenvalue weighted by molar-refractivity contribution is -0.119. The van der Waals surface area contributed by atoms with Crippen molar-refractivity contribution in [2.24, 2.45) is 5.41 Å². The van der Waals surface area contributed by atoms with Gasteiger partial charge in [-0.05, 0) is 31.7 Å². The smallest absolute Gasteiger partial charge is 0.220 e. The fourth-order valence-corrected chi connectivity index (χ4v) is 2.48. The molecule has 2 aliphatic rings. The topological polar surface area (TPSA) is 41.1 Å². The van der Waals surface area contributed by atoms with Gasteiger partial charge in [0.1, 0.15) is 0 Å². The molecular weight excluding hydrogens is 152 g/mol. The molecule has 12 heavy (non-hydrogen) atoms. The molecule has 2 N–H and O–H groups in total. The molecule has 3 nitrogen and oxygen atoms in total. The van der Waals surface area contributed by atoms with E-state index in [0.717, 1.165) is 32.4 Å². The van der Waals surface area contributed by atoms with Gasteiger partial charge in [-0.2, -0.15) is 0 Å². The highest BCUT2D eigenvalue weighted by atomic mass is 16.1. The Bertz CT molecular complexity index is 205. The maximum Gasteiger partial charge on any atom is 0.220 e. The first-order valence-electron chi connectivity index (χ1n) is 4.70. The average Bonchev–Trinajstić information content (AvgIpc) is 2.32. The summed E-state index contributed by atoms with van der Waals surface area (Å²) in [5, 5.41) is 6.34. The summed E-state index contributed by atoms with van der Waals surface area (Å²) in [6.07, 6.45) is 3.04. The molecule has 0 aromatic carbocycles. The number of carbonyl (C=O) groups is 1. The van der Waals surface area contributed by atoms with E-state index in [0.29, 0.717) is 11.5 Å². The van der Waals surface area contributed by atoms with Crippen LogP contribution in [-0.4, -0.2) is 25.0 Å². The van der Waals surface area contributed by atoms with E-state index >= 15 is 0 Å². The molecule has 2 heterocycles. The van der Waals surface area contributed by atoms with Crippen LogP contribution < -0.4 is 10.6 Å².